The third kappa shape index (κ3) is 11.9. The summed E-state index contributed by atoms with van der Waals surface area (Å²) in [4.78, 5) is 0. The van der Waals surface area contributed by atoms with Crippen LogP contribution in [-0.4, -0.2) is 38.1 Å². The standard InChI is InChI=1S/C10H22O3/c1-2-12-8-5-6-10-13-9-4-3-7-11/h11H,2-10H2,1H3. The van der Waals surface area contributed by atoms with Gasteiger partial charge in [0, 0.05) is 33.0 Å². The lowest BCUT2D eigenvalue weighted by Crippen LogP contribution is -2.00. The molecule has 0 aliphatic carbocycles. The first-order chi connectivity index (χ1) is 6.41. The molecule has 0 bridgehead atoms. The fourth-order valence-corrected chi connectivity index (χ4v) is 0.971. The van der Waals surface area contributed by atoms with Gasteiger partial charge in [0.2, 0.25) is 0 Å². The molecule has 0 aromatic rings. The average molecular weight is 190 g/mol. The number of hydrogen-bond acceptors (Lipinski definition) is 3. The highest BCUT2D eigenvalue weighted by Gasteiger charge is 1.90. The summed E-state index contributed by atoms with van der Waals surface area (Å²) < 4.78 is 10.5. The zero-order chi connectivity index (χ0) is 9.78. The number of ether oxygens (including phenoxy) is 2. The molecule has 0 heterocycles. The highest BCUT2D eigenvalue weighted by atomic mass is 16.5. The molecule has 13 heavy (non-hydrogen) atoms. The highest BCUT2D eigenvalue weighted by molar-refractivity contribution is 4.39. The van der Waals surface area contributed by atoms with Crippen molar-refractivity contribution in [3.05, 3.63) is 0 Å². The van der Waals surface area contributed by atoms with Crippen LogP contribution in [-0.2, 0) is 9.47 Å². The zero-order valence-corrected chi connectivity index (χ0v) is 8.63. The summed E-state index contributed by atoms with van der Waals surface area (Å²) in [5, 5.41) is 8.49. The van der Waals surface area contributed by atoms with Crippen LogP contribution in [0.5, 0.6) is 0 Å². The van der Waals surface area contributed by atoms with Gasteiger partial charge in [0.05, 0.1) is 0 Å². The van der Waals surface area contributed by atoms with Gasteiger partial charge in [0.15, 0.2) is 0 Å². The maximum Gasteiger partial charge on any atom is 0.0466 e. The predicted molar refractivity (Wildman–Crippen MR) is 52.9 cm³/mol. The van der Waals surface area contributed by atoms with E-state index in [4.69, 9.17) is 14.6 Å². The van der Waals surface area contributed by atoms with Crippen LogP contribution in [0.25, 0.3) is 0 Å². The molecule has 0 saturated heterocycles. The van der Waals surface area contributed by atoms with Gasteiger partial charge in [-0.3, -0.25) is 0 Å². The maximum absolute atomic E-state index is 8.49. The van der Waals surface area contributed by atoms with Crippen molar-refractivity contribution in [3.63, 3.8) is 0 Å². The Hall–Kier alpha value is -0.120. The van der Waals surface area contributed by atoms with Crippen molar-refractivity contribution >= 4 is 0 Å². The number of unbranched alkanes of at least 4 members (excludes halogenated alkanes) is 2. The normalized spacial score (nSPS) is 10.6. The van der Waals surface area contributed by atoms with Crippen LogP contribution in [0.4, 0.5) is 0 Å². The second kappa shape index (κ2) is 11.9. The van der Waals surface area contributed by atoms with Gasteiger partial charge in [-0.25, -0.2) is 0 Å². The third-order valence-electron chi connectivity index (χ3n) is 1.73. The van der Waals surface area contributed by atoms with E-state index in [1.807, 2.05) is 6.92 Å². The molecule has 0 aromatic carbocycles. The number of rotatable bonds is 10. The Balaban J connectivity index is 2.76. The first-order valence-corrected chi connectivity index (χ1v) is 5.18. The van der Waals surface area contributed by atoms with Crippen molar-refractivity contribution in [1.29, 1.82) is 0 Å². The van der Waals surface area contributed by atoms with Gasteiger partial charge in [0.25, 0.3) is 0 Å². The summed E-state index contributed by atoms with van der Waals surface area (Å²) >= 11 is 0. The van der Waals surface area contributed by atoms with Gasteiger partial charge >= 0.3 is 0 Å². The molecular weight excluding hydrogens is 168 g/mol. The van der Waals surface area contributed by atoms with E-state index in [2.05, 4.69) is 0 Å². The Bertz CT molecular complexity index is 76.2. The summed E-state index contributed by atoms with van der Waals surface area (Å²) in [6.45, 7) is 5.51. The molecule has 0 aliphatic rings. The molecule has 0 aromatic heterocycles. The van der Waals surface area contributed by atoms with Crippen LogP contribution in [0.1, 0.15) is 32.6 Å². The van der Waals surface area contributed by atoms with Gasteiger partial charge in [-0.05, 0) is 32.6 Å². The SMILES string of the molecule is CCOCCCCOCCCCO. The molecule has 0 fully saturated rings. The fourth-order valence-electron chi connectivity index (χ4n) is 0.971. The Morgan fingerprint density at radius 1 is 0.846 bits per heavy atom. The zero-order valence-electron chi connectivity index (χ0n) is 8.63. The quantitative estimate of drug-likeness (QED) is 0.532. The van der Waals surface area contributed by atoms with Gasteiger partial charge in [-0.2, -0.15) is 0 Å². The molecule has 0 spiro atoms. The highest BCUT2D eigenvalue weighted by Crippen LogP contribution is 1.93. The summed E-state index contributed by atoms with van der Waals surface area (Å²) in [6.07, 6.45) is 3.95. The Labute approximate surface area is 81.0 Å². The van der Waals surface area contributed by atoms with E-state index in [9.17, 15) is 0 Å². The fraction of sp³-hybridized carbons (Fsp3) is 1.00. The molecule has 0 atom stereocenters. The smallest absolute Gasteiger partial charge is 0.0466 e. The largest absolute Gasteiger partial charge is 0.396 e. The van der Waals surface area contributed by atoms with E-state index in [0.29, 0.717) is 0 Å². The van der Waals surface area contributed by atoms with Crippen LogP contribution in [0, 0.1) is 0 Å². The van der Waals surface area contributed by atoms with Gasteiger partial charge in [0.1, 0.15) is 0 Å². The second-order valence-electron chi connectivity index (χ2n) is 2.95. The summed E-state index contributed by atoms with van der Waals surface area (Å²) in [6, 6.07) is 0. The van der Waals surface area contributed by atoms with Crippen molar-refractivity contribution < 1.29 is 14.6 Å². The molecule has 0 unspecified atom stereocenters. The van der Waals surface area contributed by atoms with Gasteiger partial charge in [-0.1, -0.05) is 0 Å². The molecule has 80 valence electrons. The maximum atomic E-state index is 8.49. The van der Waals surface area contributed by atoms with E-state index in [0.717, 1.165) is 52.1 Å². The number of aliphatic hydroxyl groups excluding tert-OH is 1. The molecule has 0 saturated carbocycles. The first kappa shape index (κ1) is 12.9. The lowest BCUT2D eigenvalue weighted by molar-refractivity contribution is 0.103. The van der Waals surface area contributed by atoms with Crippen molar-refractivity contribution in [2.75, 3.05) is 33.0 Å². The minimum atomic E-state index is 0.272. The number of hydrogen-bond donors (Lipinski definition) is 1. The molecule has 1 N–H and O–H groups in total. The molecule has 0 rings (SSSR count). The molecule has 0 aliphatic heterocycles. The van der Waals surface area contributed by atoms with E-state index in [1.54, 1.807) is 0 Å². The number of aliphatic hydroxyl groups is 1. The topological polar surface area (TPSA) is 38.7 Å². The monoisotopic (exact) mass is 190 g/mol. The van der Waals surface area contributed by atoms with Crippen LogP contribution < -0.4 is 0 Å². The van der Waals surface area contributed by atoms with E-state index >= 15 is 0 Å². The Kier molecular flexibility index (Phi) is 11.8. The molecular formula is C10H22O3. The van der Waals surface area contributed by atoms with Gasteiger partial charge < -0.3 is 14.6 Å². The predicted octanol–water partition coefficient (Wildman–Crippen LogP) is 1.59. The van der Waals surface area contributed by atoms with E-state index < -0.39 is 0 Å². The van der Waals surface area contributed by atoms with Crippen LogP contribution >= 0.6 is 0 Å². The van der Waals surface area contributed by atoms with Crippen molar-refractivity contribution in [2.45, 2.75) is 32.6 Å². The second-order valence-corrected chi connectivity index (χ2v) is 2.95. The Morgan fingerprint density at radius 3 is 1.92 bits per heavy atom. The molecule has 3 heteroatoms. The molecule has 3 nitrogen and oxygen atoms in total. The lowest BCUT2D eigenvalue weighted by atomic mass is 10.3. The summed E-state index contributed by atoms with van der Waals surface area (Å²) in [7, 11) is 0. The van der Waals surface area contributed by atoms with Crippen LogP contribution in [0.15, 0.2) is 0 Å². The average Bonchev–Trinajstić information content (AvgIpc) is 2.16. The Morgan fingerprint density at radius 2 is 1.38 bits per heavy atom. The van der Waals surface area contributed by atoms with Crippen molar-refractivity contribution in [1.82, 2.24) is 0 Å². The molecule has 0 radical (unpaired) electrons. The van der Waals surface area contributed by atoms with Crippen LogP contribution in [0.2, 0.25) is 0 Å². The van der Waals surface area contributed by atoms with Crippen molar-refractivity contribution in [2.24, 2.45) is 0 Å². The van der Waals surface area contributed by atoms with Crippen LogP contribution in [0.3, 0.4) is 0 Å². The third-order valence-corrected chi connectivity index (χ3v) is 1.73. The van der Waals surface area contributed by atoms with Crippen molar-refractivity contribution in [3.8, 4) is 0 Å². The minimum absolute atomic E-state index is 0.272. The van der Waals surface area contributed by atoms with Gasteiger partial charge in [-0.15, -0.1) is 0 Å². The van der Waals surface area contributed by atoms with E-state index in [-0.39, 0.29) is 6.61 Å². The summed E-state index contributed by atoms with van der Waals surface area (Å²) in [5.74, 6) is 0. The lowest BCUT2D eigenvalue weighted by Gasteiger charge is -2.03. The molecule has 0 amide bonds. The minimum Gasteiger partial charge on any atom is -0.396 e. The van der Waals surface area contributed by atoms with E-state index in [1.165, 1.54) is 0 Å². The summed E-state index contributed by atoms with van der Waals surface area (Å²) in [5.41, 5.74) is 0. The first-order valence-electron chi connectivity index (χ1n) is 5.18.